The molecule has 3 nitrogen and oxygen atoms in total. The SMILES string of the molecule is CCOCC(NC1CCCC1C#N)C(C)C. The highest BCUT2D eigenvalue weighted by molar-refractivity contribution is 4.97. The van der Waals surface area contributed by atoms with Crippen LogP contribution < -0.4 is 5.32 Å². The van der Waals surface area contributed by atoms with Gasteiger partial charge < -0.3 is 10.1 Å². The summed E-state index contributed by atoms with van der Waals surface area (Å²) < 4.78 is 5.49. The summed E-state index contributed by atoms with van der Waals surface area (Å²) in [6.07, 6.45) is 3.36. The second-order valence-electron chi connectivity index (χ2n) is 4.95. The Hall–Kier alpha value is -0.590. The highest BCUT2D eigenvalue weighted by Crippen LogP contribution is 2.25. The third-order valence-corrected chi connectivity index (χ3v) is 3.42. The normalized spacial score (nSPS) is 26.9. The Labute approximate surface area is 99.2 Å². The largest absolute Gasteiger partial charge is 0.380 e. The average molecular weight is 224 g/mol. The van der Waals surface area contributed by atoms with Crippen LogP contribution in [0.3, 0.4) is 0 Å². The second kappa shape index (κ2) is 6.88. The summed E-state index contributed by atoms with van der Waals surface area (Å²) in [5.41, 5.74) is 0. The number of hydrogen-bond donors (Lipinski definition) is 1. The second-order valence-corrected chi connectivity index (χ2v) is 4.95. The quantitative estimate of drug-likeness (QED) is 0.753. The minimum absolute atomic E-state index is 0.197. The van der Waals surface area contributed by atoms with Gasteiger partial charge in [0.1, 0.15) is 0 Å². The van der Waals surface area contributed by atoms with Crippen molar-refractivity contribution in [1.82, 2.24) is 5.32 Å². The lowest BCUT2D eigenvalue weighted by Crippen LogP contribution is -2.45. The molecule has 0 bridgehead atoms. The highest BCUT2D eigenvalue weighted by Gasteiger charge is 2.29. The van der Waals surface area contributed by atoms with E-state index in [1.807, 2.05) is 6.92 Å². The zero-order valence-electron chi connectivity index (χ0n) is 10.7. The van der Waals surface area contributed by atoms with Crippen molar-refractivity contribution in [3.05, 3.63) is 0 Å². The van der Waals surface area contributed by atoms with Crippen molar-refractivity contribution in [1.29, 1.82) is 5.26 Å². The van der Waals surface area contributed by atoms with Gasteiger partial charge in [0.05, 0.1) is 18.6 Å². The number of rotatable bonds is 6. The first kappa shape index (κ1) is 13.5. The number of nitrogens with zero attached hydrogens (tertiary/aromatic N) is 1. The van der Waals surface area contributed by atoms with Crippen LogP contribution in [0.5, 0.6) is 0 Å². The van der Waals surface area contributed by atoms with E-state index in [-0.39, 0.29) is 5.92 Å². The van der Waals surface area contributed by atoms with Crippen molar-refractivity contribution >= 4 is 0 Å². The monoisotopic (exact) mass is 224 g/mol. The van der Waals surface area contributed by atoms with Crippen LogP contribution in [0, 0.1) is 23.2 Å². The van der Waals surface area contributed by atoms with Gasteiger partial charge in [-0.3, -0.25) is 0 Å². The lowest BCUT2D eigenvalue weighted by molar-refractivity contribution is 0.102. The maximum absolute atomic E-state index is 9.04. The molecule has 3 heteroatoms. The summed E-state index contributed by atoms with van der Waals surface area (Å²) in [5, 5.41) is 12.6. The molecule has 16 heavy (non-hydrogen) atoms. The number of ether oxygens (including phenoxy) is 1. The maximum Gasteiger partial charge on any atom is 0.0672 e. The summed E-state index contributed by atoms with van der Waals surface area (Å²) in [6, 6.07) is 3.16. The average Bonchev–Trinajstić information content (AvgIpc) is 2.70. The van der Waals surface area contributed by atoms with E-state index < -0.39 is 0 Å². The molecule has 1 saturated carbocycles. The van der Waals surface area contributed by atoms with Gasteiger partial charge in [0.2, 0.25) is 0 Å². The predicted molar refractivity (Wildman–Crippen MR) is 65.0 cm³/mol. The van der Waals surface area contributed by atoms with Crippen LogP contribution in [0.1, 0.15) is 40.0 Å². The van der Waals surface area contributed by atoms with Gasteiger partial charge >= 0.3 is 0 Å². The third-order valence-electron chi connectivity index (χ3n) is 3.42. The predicted octanol–water partition coefficient (Wildman–Crippen LogP) is 2.33. The van der Waals surface area contributed by atoms with E-state index in [2.05, 4.69) is 25.2 Å². The van der Waals surface area contributed by atoms with Crippen LogP contribution in [0.4, 0.5) is 0 Å². The molecule has 0 aromatic rings. The van der Waals surface area contributed by atoms with Crippen LogP contribution in [0.25, 0.3) is 0 Å². The Kier molecular flexibility index (Phi) is 5.79. The van der Waals surface area contributed by atoms with Gasteiger partial charge in [-0.1, -0.05) is 20.3 Å². The minimum Gasteiger partial charge on any atom is -0.380 e. The molecule has 1 rings (SSSR count). The Morgan fingerprint density at radius 3 is 2.75 bits per heavy atom. The van der Waals surface area contributed by atoms with Crippen molar-refractivity contribution in [3.63, 3.8) is 0 Å². The molecular formula is C13H24N2O. The van der Waals surface area contributed by atoms with Gasteiger partial charge in [-0.25, -0.2) is 0 Å². The zero-order valence-corrected chi connectivity index (χ0v) is 10.7. The van der Waals surface area contributed by atoms with E-state index in [1.54, 1.807) is 0 Å². The number of hydrogen-bond acceptors (Lipinski definition) is 3. The van der Waals surface area contributed by atoms with Crippen molar-refractivity contribution in [2.75, 3.05) is 13.2 Å². The van der Waals surface area contributed by atoms with Gasteiger partial charge in [-0.2, -0.15) is 5.26 Å². The molecule has 1 aliphatic rings. The van der Waals surface area contributed by atoms with E-state index in [0.717, 1.165) is 26.1 Å². The first-order chi connectivity index (χ1) is 7.69. The molecule has 0 radical (unpaired) electrons. The standard InChI is InChI=1S/C13H24N2O/c1-4-16-9-13(10(2)3)15-12-7-5-6-11(12)8-14/h10-13,15H,4-7,9H2,1-3H3. The first-order valence-corrected chi connectivity index (χ1v) is 6.42. The molecule has 0 spiro atoms. The first-order valence-electron chi connectivity index (χ1n) is 6.42. The van der Waals surface area contributed by atoms with Crippen LogP contribution in [0.15, 0.2) is 0 Å². The van der Waals surface area contributed by atoms with E-state index >= 15 is 0 Å². The summed E-state index contributed by atoms with van der Waals surface area (Å²) in [6.45, 7) is 7.94. The smallest absolute Gasteiger partial charge is 0.0672 e. The fraction of sp³-hybridized carbons (Fsp3) is 0.923. The van der Waals surface area contributed by atoms with Crippen LogP contribution in [0.2, 0.25) is 0 Å². The lowest BCUT2D eigenvalue weighted by Gasteiger charge is -2.27. The summed E-state index contributed by atoms with van der Waals surface area (Å²) in [4.78, 5) is 0. The molecule has 1 fully saturated rings. The number of nitrogens with one attached hydrogen (secondary N) is 1. The molecule has 0 amide bonds. The Bertz CT molecular complexity index is 235. The Morgan fingerprint density at radius 2 is 2.19 bits per heavy atom. The van der Waals surface area contributed by atoms with Gasteiger partial charge in [0.15, 0.2) is 0 Å². The molecule has 92 valence electrons. The topological polar surface area (TPSA) is 45.0 Å². The highest BCUT2D eigenvalue weighted by atomic mass is 16.5. The van der Waals surface area contributed by atoms with Crippen molar-refractivity contribution in [3.8, 4) is 6.07 Å². The summed E-state index contributed by atoms with van der Waals surface area (Å²) in [5.74, 6) is 0.745. The molecular weight excluding hydrogens is 200 g/mol. The molecule has 0 heterocycles. The molecule has 3 atom stereocenters. The maximum atomic E-state index is 9.04. The van der Waals surface area contributed by atoms with E-state index in [9.17, 15) is 0 Å². The van der Waals surface area contributed by atoms with E-state index in [0.29, 0.717) is 18.0 Å². The van der Waals surface area contributed by atoms with Crippen molar-refractivity contribution < 1.29 is 4.74 Å². The Morgan fingerprint density at radius 1 is 1.44 bits per heavy atom. The van der Waals surface area contributed by atoms with Gasteiger partial charge in [-0.15, -0.1) is 0 Å². The lowest BCUT2D eigenvalue weighted by atomic mass is 10.00. The fourth-order valence-corrected chi connectivity index (χ4v) is 2.27. The van der Waals surface area contributed by atoms with Crippen LogP contribution >= 0.6 is 0 Å². The fourth-order valence-electron chi connectivity index (χ4n) is 2.27. The third kappa shape index (κ3) is 3.77. The van der Waals surface area contributed by atoms with Crippen LogP contribution in [-0.2, 0) is 4.74 Å². The Balaban J connectivity index is 2.44. The molecule has 0 saturated heterocycles. The molecule has 0 aromatic heterocycles. The minimum atomic E-state index is 0.197. The van der Waals surface area contributed by atoms with Crippen molar-refractivity contribution in [2.45, 2.75) is 52.1 Å². The molecule has 1 N–H and O–H groups in total. The van der Waals surface area contributed by atoms with E-state index in [1.165, 1.54) is 6.42 Å². The van der Waals surface area contributed by atoms with E-state index in [4.69, 9.17) is 10.00 Å². The van der Waals surface area contributed by atoms with Gasteiger partial charge in [0.25, 0.3) is 0 Å². The molecule has 0 aromatic carbocycles. The van der Waals surface area contributed by atoms with Crippen molar-refractivity contribution in [2.24, 2.45) is 11.8 Å². The van der Waals surface area contributed by atoms with Crippen LogP contribution in [-0.4, -0.2) is 25.3 Å². The van der Waals surface area contributed by atoms with Gasteiger partial charge in [0, 0.05) is 18.7 Å². The van der Waals surface area contributed by atoms with Gasteiger partial charge in [-0.05, 0) is 25.7 Å². The number of nitriles is 1. The molecule has 3 unspecified atom stereocenters. The molecule has 1 aliphatic carbocycles. The molecule has 0 aliphatic heterocycles. The zero-order chi connectivity index (χ0) is 12.0. The summed E-state index contributed by atoms with van der Waals surface area (Å²) in [7, 11) is 0. The summed E-state index contributed by atoms with van der Waals surface area (Å²) >= 11 is 0.